The van der Waals surface area contributed by atoms with Crippen LogP contribution in [0.5, 0.6) is 11.5 Å². The molecule has 0 bridgehead atoms. The Morgan fingerprint density at radius 3 is 2.55 bits per heavy atom. The maximum atomic E-state index is 13.6. The van der Waals surface area contributed by atoms with Crippen LogP contribution < -0.4 is 14.2 Å². The molecule has 1 aliphatic carbocycles. The van der Waals surface area contributed by atoms with E-state index >= 15 is 0 Å². The van der Waals surface area contributed by atoms with Gasteiger partial charge in [-0.2, -0.15) is 29.2 Å². The minimum Gasteiger partial charge on any atom is -0.619 e. The van der Waals surface area contributed by atoms with E-state index in [-0.39, 0.29) is 39.4 Å². The number of thiophene rings is 1. The van der Waals surface area contributed by atoms with Gasteiger partial charge in [0.05, 0.1) is 11.5 Å². The smallest absolute Gasteiger partial charge is 0.387 e. The first-order chi connectivity index (χ1) is 20.0. The molecule has 2 atom stereocenters. The van der Waals surface area contributed by atoms with Gasteiger partial charge in [-0.25, -0.2) is 13.2 Å². The zero-order valence-corrected chi connectivity index (χ0v) is 25.6. The number of aromatic nitrogens is 1. The molecule has 42 heavy (non-hydrogen) atoms. The van der Waals surface area contributed by atoms with Crippen molar-refractivity contribution in [1.82, 2.24) is 4.31 Å². The number of hydrogen-bond donors (Lipinski definition) is 0. The molecule has 1 aromatic carbocycles. The second kappa shape index (κ2) is 13.1. The van der Waals surface area contributed by atoms with E-state index in [1.54, 1.807) is 5.38 Å². The number of halogens is 4. The van der Waals surface area contributed by atoms with Crippen LogP contribution in [-0.4, -0.2) is 49.6 Å². The molecular formula is C26H24Cl2F2N2O7S3. The molecule has 2 fully saturated rings. The number of esters is 1. The Labute approximate surface area is 258 Å². The molecule has 1 unspecified atom stereocenters. The Bertz CT molecular complexity index is 1520. The minimum atomic E-state index is -3.97. The fourth-order valence-electron chi connectivity index (χ4n) is 4.28. The van der Waals surface area contributed by atoms with Crippen molar-refractivity contribution in [1.29, 1.82) is 0 Å². The van der Waals surface area contributed by atoms with Gasteiger partial charge in [0.2, 0.25) is 10.0 Å². The third-order valence-electron chi connectivity index (χ3n) is 6.59. The Morgan fingerprint density at radius 1 is 1.17 bits per heavy atom. The van der Waals surface area contributed by atoms with Crippen molar-refractivity contribution < 1.29 is 40.9 Å². The van der Waals surface area contributed by atoms with Gasteiger partial charge in [0.25, 0.3) is 0 Å². The Balaban J connectivity index is 1.47. The molecule has 1 saturated heterocycles. The van der Waals surface area contributed by atoms with Crippen LogP contribution in [0.3, 0.4) is 0 Å². The quantitative estimate of drug-likeness (QED) is 0.137. The summed E-state index contributed by atoms with van der Waals surface area (Å²) < 4.78 is 70.5. The lowest BCUT2D eigenvalue weighted by Crippen LogP contribution is -2.40. The van der Waals surface area contributed by atoms with E-state index in [0.29, 0.717) is 34.1 Å². The lowest BCUT2D eigenvalue weighted by Gasteiger charge is -2.25. The number of pyridine rings is 1. The highest BCUT2D eigenvalue weighted by Crippen LogP contribution is 2.39. The van der Waals surface area contributed by atoms with Crippen LogP contribution in [0.25, 0.3) is 0 Å². The monoisotopic (exact) mass is 680 g/mol. The van der Waals surface area contributed by atoms with Gasteiger partial charge in [0.1, 0.15) is 16.1 Å². The number of benzene rings is 1. The second-order valence-corrected chi connectivity index (χ2v) is 14.2. The van der Waals surface area contributed by atoms with Gasteiger partial charge in [-0.1, -0.05) is 29.3 Å². The number of nitrogens with zero attached hydrogens (tertiary/aromatic N) is 2. The Kier molecular flexibility index (Phi) is 9.69. The number of carbonyl (C=O) groups excluding carboxylic acids is 1. The number of ether oxygens (including phenoxy) is 3. The summed E-state index contributed by atoms with van der Waals surface area (Å²) in [7, 11) is -3.97. The topological polar surface area (TPSA) is 109 Å². The number of carbonyl (C=O) groups is 1. The van der Waals surface area contributed by atoms with E-state index in [9.17, 15) is 27.2 Å². The van der Waals surface area contributed by atoms with Crippen LogP contribution in [0.4, 0.5) is 8.78 Å². The summed E-state index contributed by atoms with van der Waals surface area (Å²) in [5, 5.41) is 13.8. The molecule has 2 aromatic heterocycles. The summed E-state index contributed by atoms with van der Waals surface area (Å²) in [6, 6.07) is 5.60. The van der Waals surface area contributed by atoms with Gasteiger partial charge in [-0.05, 0) is 47.9 Å². The molecule has 9 nitrogen and oxygen atoms in total. The fraction of sp³-hybridized carbons (Fsp3) is 0.385. The van der Waals surface area contributed by atoms with Crippen LogP contribution in [0.2, 0.25) is 10.0 Å². The molecule has 5 rings (SSSR count). The van der Waals surface area contributed by atoms with E-state index in [1.165, 1.54) is 41.0 Å². The third kappa shape index (κ3) is 7.22. The highest BCUT2D eigenvalue weighted by atomic mass is 35.5. The molecular weight excluding hydrogens is 657 g/mol. The van der Waals surface area contributed by atoms with Gasteiger partial charge in [0, 0.05) is 29.7 Å². The summed E-state index contributed by atoms with van der Waals surface area (Å²) in [5.41, 5.74) is 0.621. The van der Waals surface area contributed by atoms with Gasteiger partial charge in [-0.3, -0.25) is 0 Å². The van der Waals surface area contributed by atoms with Crippen LogP contribution in [-0.2, 0) is 26.0 Å². The Morgan fingerprint density at radius 2 is 1.90 bits per heavy atom. The minimum absolute atomic E-state index is 0.0123. The molecule has 16 heteroatoms. The molecule has 2 aliphatic rings. The highest BCUT2D eigenvalue weighted by Gasteiger charge is 2.42. The van der Waals surface area contributed by atoms with E-state index in [2.05, 4.69) is 4.74 Å². The number of sulfonamides is 1. The second-order valence-electron chi connectivity index (χ2n) is 9.56. The molecule has 0 N–H and O–H groups in total. The van der Waals surface area contributed by atoms with Crippen LogP contribution in [0, 0.1) is 11.1 Å². The maximum Gasteiger partial charge on any atom is 0.387 e. The van der Waals surface area contributed by atoms with Gasteiger partial charge in [-0.15, -0.1) is 11.8 Å². The highest BCUT2D eigenvalue weighted by molar-refractivity contribution is 8.02. The van der Waals surface area contributed by atoms with Gasteiger partial charge in [0.15, 0.2) is 29.3 Å². The van der Waals surface area contributed by atoms with Crippen molar-refractivity contribution in [3.8, 4) is 11.5 Å². The van der Waals surface area contributed by atoms with Gasteiger partial charge >= 0.3 is 12.6 Å². The molecule has 1 aliphatic heterocycles. The lowest BCUT2D eigenvalue weighted by atomic mass is 10.0. The van der Waals surface area contributed by atoms with Crippen LogP contribution >= 0.6 is 46.3 Å². The molecule has 1 saturated carbocycles. The normalized spacial score (nSPS) is 18.3. The van der Waals surface area contributed by atoms with Crippen molar-refractivity contribution in [2.24, 2.45) is 5.92 Å². The average molecular weight is 682 g/mol. The summed E-state index contributed by atoms with van der Waals surface area (Å²) in [6.07, 6.45) is 2.86. The molecule has 0 spiro atoms. The molecule has 0 amide bonds. The summed E-state index contributed by atoms with van der Waals surface area (Å²) in [6.45, 7) is -2.70. The zero-order chi connectivity index (χ0) is 30.0. The molecule has 3 aromatic rings. The molecule has 226 valence electrons. The maximum absolute atomic E-state index is 13.6. The predicted octanol–water partition coefficient (Wildman–Crippen LogP) is 5.67. The van der Waals surface area contributed by atoms with Crippen molar-refractivity contribution in [3.63, 3.8) is 0 Å². The number of hydrogen-bond acceptors (Lipinski definition) is 9. The van der Waals surface area contributed by atoms with Crippen molar-refractivity contribution in [3.05, 3.63) is 73.8 Å². The van der Waals surface area contributed by atoms with E-state index in [4.69, 9.17) is 32.7 Å². The van der Waals surface area contributed by atoms with E-state index < -0.39 is 34.1 Å². The van der Waals surface area contributed by atoms with Gasteiger partial charge < -0.3 is 19.4 Å². The predicted molar refractivity (Wildman–Crippen MR) is 154 cm³/mol. The van der Waals surface area contributed by atoms with Crippen molar-refractivity contribution in [2.45, 2.75) is 42.2 Å². The SMILES string of the molecule is O=C(O[C@@H](Cc1c(Cl)c[n+]([O-])cc1Cl)c1ccc(OC(F)F)c(OCC2CC2)c1)C1SCCN1S(=O)(=O)c1ccsc1. The largest absolute Gasteiger partial charge is 0.619 e. The number of thioether (sulfide) groups is 1. The lowest BCUT2D eigenvalue weighted by molar-refractivity contribution is -0.605. The average Bonchev–Trinajstić information content (AvgIpc) is 3.36. The summed E-state index contributed by atoms with van der Waals surface area (Å²) >= 11 is 15.0. The van der Waals surface area contributed by atoms with E-state index in [1.807, 2.05) is 0 Å². The molecule has 0 radical (unpaired) electrons. The van der Waals surface area contributed by atoms with E-state index in [0.717, 1.165) is 41.3 Å². The summed E-state index contributed by atoms with van der Waals surface area (Å²) in [4.78, 5) is 13.6. The zero-order valence-electron chi connectivity index (χ0n) is 21.7. The van der Waals surface area contributed by atoms with Crippen molar-refractivity contribution >= 4 is 62.3 Å². The first-order valence-corrected chi connectivity index (χ1v) is 16.9. The van der Waals surface area contributed by atoms with Crippen LogP contribution in [0.15, 0.2) is 52.3 Å². The Hall–Kier alpha value is -2.36. The third-order valence-corrected chi connectivity index (χ3v) is 11.2. The standard InChI is InChI=1S/C26H24Cl2F2N2O7S3/c27-19-11-31(34)12-20(28)18(19)10-22(16-3-4-21(39-26(29)30)23(9-16)37-13-15-1-2-15)38-25(33)24-32(6-8-41-24)42(35,36)17-5-7-40-14-17/h3-5,7,9,11-12,14-15,22,24,26H,1-2,6,8,10,13H2/t22-,24?/m0/s1. The van der Waals surface area contributed by atoms with Crippen molar-refractivity contribution in [2.75, 3.05) is 18.9 Å². The number of rotatable bonds is 12. The first-order valence-electron chi connectivity index (χ1n) is 12.7. The first kappa shape index (κ1) is 31.1. The van der Waals surface area contributed by atoms with Crippen LogP contribution in [0.1, 0.15) is 30.1 Å². The molecule has 3 heterocycles. The summed E-state index contributed by atoms with van der Waals surface area (Å²) in [5.74, 6) is -0.330. The number of alkyl halides is 2. The fourth-order valence-corrected chi connectivity index (χ4v) is 8.94.